The van der Waals surface area contributed by atoms with Crippen LogP contribution in [0, 0.1) is 6.92 Å². The maximum absolute atomic E-state index is 11.7. The van der Waals surface area contributed by atoms with Crippen LogP contribution >= 0.6 is 34.4 Å². The zero-order valence-corrected chi connectivity index (χ0v) is 12.9. The second kappa shape index (κ2) is 6.82. The summed E-state index contributed by atoms with van der Waals surface area (Å²) in [6.45, 7) is 1.77. The van der Waals surface area contributed by atoms with Crippen LogP contribution in [0.15, 0.2) is 15.9 Å². The molecule has 0 aliphatic carbocycles. The lowest BCUT2D eigenvalue weighted by atomic mass is 10.3. The Bertz CT molecular complexity index is 610. The van der Waals surface area contributed by atoms with Crippen LogP contribution in [0.4, 0.5) is 5.13 Å². The van der Waals surface area contributed by atoms with E-state index in [0.29, 0.717) is 15.2 Å². The number of nitrogens with zero attached hydrogens (tertiary/aromatic N) is 2. The van der Waals surface area contributed by atoms with Crippen molar-refractivity contribution in [2.45, 2.75) is 17.7 Å². The summed E-state index contributed by atoms with van der Waals surface area (Å²) in [5.41, 5.74) is 0.709. The molecule has 0 saturated heterocycles. The van der Waals surface area contributed by atoms with E-state index in [2.05, 4.69) is 15.3 Å². The number of aromatic nitrogens is 2. The van der Waals surface area contributed by atoms with E-state index in [0.717, 1.165) is 4.88 Å². The minimum Gasteiger partial charge on any atom is -0.481 e. The standard InChI is InChI=1S/C11H11N3O3S3/c1-6-7(4-9(16)17)20-11(13-6)19-5-8(15)14-10-12-2-3-18-10/h2-3H,4-5H2,1H3,(H,16,17)(H,12,14,15). The van der Waals surface area contributed by atoms with Crippen LogP contribution in [-0.4, -0.2) is 32.7 Å². The van der Waals surface area contributed by atoms with Crippen molar-refractivity contribution in [1.82, 2.24) is 9.97 Å². The van der Waals surface area contributed by atoms with E-state index in [1.54, 1.807) is 18.5 Å². The molecule has 2 N–H and O–H groups in total. The molecule has 0 unspecified atom stereocenters. The van der Waals surface area contributed by atoms with Gasteiger partial charge in [-0.15, -0.1) is 22.7 Å². The van der Waals surface area contributed by atoms with Crippen LogP contribution in [0.3, 0.4) is 0 Å². The van der Waals surface area contributed by atoms with E-state index in [4.69, 9.17) is 5.11 Å². The molecule has 0 atom stereocenters. The van der Waals surface area contributed by atoms with Gasteiger partial charge in [-0.1, -0.05) is 11.8 Å². The lowest BCUT2D eigenvalue weighted by Gasteiger charge is -1.99. The molecule has 2 heterocycles. The first-order valence-electron chi connectivity index (χ1n) is 5.55. The summed E-state index contributed by atoms with van der Waals surface area (Å²) in [7, 11) is 0. The van der Waals surface area contributed by atoms with Gasteiger partial charge in [0.05, 0.1) is 17.9 Å². The monoisotopic (exact) mass is 329 g/mol. The summed E-state index contributed by atoms with van der Waals surface area (Å²) < 4.78 is 0.702. The van der Waals surface area contributed by atoms with Crippen molar-refractivity contribution < 1.29 is 14.7 Å². The van der Waals surface area contributed by atoms with Crippen LogP contribution in [0.25, 0.3) is 0 Å². The van der Waals surface area contributed by atoms with E-state index in [9.17, 15) is 9.59 Å². The molecule has 106 valence electrons. The second-order valence-electron chi connectivity index (χ2n) is 3.73. The van der Waals surface area contributed by atoms with Gasteiger partial charge in [0.25, 0.3) is 0 Å². The van der Waals surface area contributed by atoms with Crippen LogP contribution in [-0.2, 0) is 16.0 Å². The molecule has 2 aromatic rings. The molecule has 0 spiro atoms. The Kier molecular flexibility index (Phi) is 5.10. The molecule has 0 bridgehead atoms. The van der Waals surface area contributed by atoms with E-state index < -0.39 is 5.97 Å². The van der Waals surface area contributed by atoms with E-state index in [1.165, 1.54) is 34.4 Å². The van der Waals surface area contributed by atoms with Gasteiger partial charge in [0.15, 0.2) is 9.47 Å². The fourth-order valence-corrected chi connectivity index (χ4v) is 3.90. The number of carbonyl (C=O) groups is 2. The number of carbonyl (C=O) groups excluding carboxylic acids is 1. The Balaban J connectivity index is 1.87. The molecule has 2 rings (SSSR count). The third kappa shape index (κ3) is 4.29. The minimum absolute atomic E-state index is 0.0324. The summed E-state index contributed by atoms with van der Waals surface area (Å²) in [6, 6.07) is 0. The number of hydrogen-bond donors (Lipinski definition) is 2. The van der Waals surface area contributed by atoms with Crippen molar-refractivity contribution in [1.29, 1.82) is 0 Å². The number of rotatable bonds is 6. The molecule has 9 heteroatoms. The lowest BCUT2D eigenvalue weighted by molar-refractivity contribution is -0.136. The van der Waals surface area contributed by atoms with Gasteiger partial charge in [-0.05, 0) is 6.92 Å². The van der Waals surface area contributed by atoms with Crippen molar-refractivity contribution in [2.75, 3.05) is 11.1 Å². The quantitative estimate of drug-likeness (QED) is 0.790. The summed E-state index contributed by atoms with van der Waals surface area (Å²) in [5.74, 6) is -0.814. The molecule has 0 radical (unpaired) electrons. The summed E-state index contributed by atoms with van der Waals surface area (Å²) in [4.78, 5) is 31.3. The van der Waals surface area contributed by atoms with Gasteiger partial charge >= 0.3 is 5.97 Å². The molecular weight excluding hydrogens is 318 g/mol. The molecule has 0 aromatic carbocycles. The Morgan fingerprint density at radius 2 is 2.30 bits per heavy atom. The van der Waals surface area contributed by atoms with E-state index in [1.807, 2.05) is 0 Å². The Hall–Kier alpha value is -1.45. The number of carboxylic acids is 1. The van der Waals surface area contributed by atoms with Gasteiger partial charge in [0.1, 0.15) is 0 Å². The molecular formula is C11H11N3O3S3. The Labute approximate surface area is 127 Å². The average molecular weight is 329 g/mol. The third-order valence-corrected chi connectivity index (χ3v) is 5.18. The molecule has 0 aliphatic rings. The van der Waals surface area contributed by atoms with Crippen LogP contribution in [0.5, 0.6) is 0 Å². The predicted octanol–water partition coefficient (Wildman–Crippen LogP) is 2.27. The second-order valence-corrected chi connectivity index (χ2v) is 6.93. The lowest BCUT2D eigenvalue weighted by Crippen LogP contribution is -2.13. The van der Waals surface area contributed by atoms with Crippen molar-refractivity contribution in [3.8, 4) is 0 Å². The molecule has 6 nitrogen and oxygen atoms in total. The number of amides is 1. The SMILES string of the molecule is Cc1nc(SCC(=O)Nc2nccs2)sc1CC(=O)O. The fourth-order valence-electron chi connectivity index (χ4n) is 1.33. The zero-order chi connectivity index (χ0) is 14.5. The number of aryl methyl sites for hydroxylation is 1. The first-order valence-corrected chi connectivity index (χ1v) is 8.23. The Morgan fingerprint density at radius 1 is 1.50 bits per heavy atom. The molecule has 0 fully saturated rings. The number of nitrogens with one attached hydrogen (secondary N) is 1. The van der Waals surface area contributed by atoms with Gasteiger partial charge in [-0.3, -0.25) is 9.59 Å². The maximum Gasteiger partial charge on any atom is 0.308 e. The topological polar surface area (TPSA) is 92.2 Å². The number of thiazole rings is 2. The van der Waals surface area contributed by atoms with Crippen molar-refractivity contribution >= 4 is 51.4 Å². The van der Waals surface area contributed by atoms with Crippen molar-refractivity contribution in [2.24, 2.45) is 0 Å². The highest BCUT2D eigenvalue weighted by atomic mass is 32.2. The summed E-state index contributed by atoms with van der Waals surface area (Å²) in [6.07, 6.45) is 1.59. The molecule has 2 aromatic heterocycles. The fraction of sp³-hybridized carbons (Fsp3) is 0.273. The third-order valence-electron chi connectivity index (χ3n) is 2.19. The highest BCUT2D eigenvalue weighted by Crippen LogP contribution is 2.27. The Morgan fingerprint density at radius 3 is 2.95 bits per heavy atom. The van der Waals surface area contributed by atoms with Gasteiger partial charge in [-0.25, -0.2) is 9.97 Å². The highest BCUT2D eigenvalue weighted by molar-refractivity contribution is 8.01. The highest BCUT2D eigenvalue weighted by Gasteiger charge is 2.13. The molecule has 0 saturated carbocycles. The van der Waals surface area contributed by atoms with E-state index in [-0.39, 0.29) is 18.1 Å². The van der Waals surface area contributed by atoms with Gasteiger partial charge < -0.3 is 10.4 Å². The first-order chi connectivity index (χ1) is 9.54. The van der Waals surface area contributed by atoms with Gasteiger partial charge in [0, 0.05) is 16.5 Å². The molecule has 20 heavy (non-hydrogen) atoms. The number of aliphatic carboxylic acids is 1. The number of anilines is 1. The smallest absolute Gasteiger partial charge is 0.308 e. The van der Waals surface area contributed by atoms with Crippen molar-refractivity contribution in [3.63, 3.8) is 0 Å². The summed E-state index contributed by atoms with van der Waals surface area (Å²) in [5, 5.41) is 13.8. The van der Waals surface area contributed by atoms with Crippen molar-refractivity contribution in [3.05, 3.63) is 22.1 Å². The average Bonchev–Trinajstić information content (AvgIpc) is 2.97. The van der Waals surface area contributed by atoms with Gasteiger partial charge in [-0.2, -0.15) is 0 Å². The van der Waals surface area contributed by atoms with E-state index >= 15 is 0 Å². The maximum atomic E-state index is 11.7. The normalized spacial score (nSPS) is 10.4. The minimum atomic E-state index is -0.880. The predicted molar refractivity (Wildman–Crippen MR) is 79.7 cm³/mol. The number of carboxylic acid groups (broad SMARTS) is 1. The summed E-state index contributed by atoms with van der Waals surface area (Å²) >= 11 is 3.96. The number of hydrogen-bond acceptors (Lipinski definition) is 7. The van der Waals surface area contributed by atoms with Crippen LogP contribution < -0.4 is 5.32 Å². The largest absolute Gasteiger partial charge is 0.481 e. The zero-order valence-electron chi connectivity index (χ0n) is 10.5. The molecule has 1 amide bonds. The van der Waals surface area contributed by atoms with Crippen LogP contribution in [0.1, 0.15) is 10.6 Å². The first kappa shape index (κ1) is 14.9. The van der Waals surface area contributed by atoms with Crippen LogP contribution in [0.2, 0.25) is 0 Å². The van der Waals surface area contributed by atoms with Gasteiger partial charge in [0.2, 0.25) is 5.91 Å². The number of thioether (sulfide) groups is 1. The molecule has 0 aliphatic heterocycles.